The first kappa shape index (κ1) is 27.6. The van der Waals surface area contributed by atoms with Crippen LogP contribution in [-0.4, -0.2) is 19.7 Å². The van der Waals surface area contributed by atoms with Crippen molar-refractivity contribution in [2.75, 3.05) is 0 Å². The highest BCUT2D eigenvalue weighted by molar-refractivity contribution is 5.96. The number of benzene rings is 4. The van der Waals surface area contributed by atoms with E-state index >= 15 is 0 Å². The van der Waals surface area contributed by atoms with Crippen LogP contribution in [0.5, 0.6) is 0 Å². The van der Waals surface area contributed by atoms with Gasteiger partial charge in [0.2, 0.25) is 0 Å². The molecule has 0 amide bonds. The number of imidazole rings is 1. The number of fused-ring (bicyclic) bond motifs is 1. The number of nitrogens with zero attached hydrogens (tertiary/aromatic N) is 4. The minimum Gasteiger partial charge on any atom is -0.292 e. The number of hydrogen-bond donors (Lipinski definition) is 0. The molecule has 0 aliphatic heterocycles. The Hall–Kier alpha value is -4.57. The predicted octanol–water partition coefficient (Wildman–Crippen LogP) is 9.72. The topological polar surface area (TPSA) is 43.6 Å². The summed E-state index contributed by atoms with van der Waals surface area (Å²) in [7, 11) is 0. The van der Waals surface area contributed by atoms with Crippen LogP contribution in [0, 0.1) is 6.92 Å². The molecular weight excluding hydrogens is 512 g/mol. The van der Waals surface area contributed by atoms with Gasteiger partial charge >= 0.3 is 0 Å². The summed E-state index contributed by atoms with van der Waals surface area (Å²) in [5.41, 5.74) is 12.3. The second-order valence-electron chi connectivity index (χ2n) is 13.2. The maximum Gasteiger partial charge on any atom is 0.146 e. The van der Waals surface area contributed by atoms with E-state index in [-0.39, 0.29) is 10.8 Å². The van der Waals surface area contributed by atoms with E-state index in [1.165, 1.54) is 22.3 Å². The van der Waals surface area contributed by atoms with Gasteiger partial charge in [0, 0.05) is 28.6 Å². The van der Waals surface area contributed by atoms with Gasteiger partial charge in [-0.3, -0.25) is 4.57 Å². The average molecular weight is 551 g/mol. The van der Waals surface area contributed by atoms with Crippen molar-refractivity contribution in [3.63, 3.8) is 0 Å². The number of aromatic nitrogens is 4. The Morgan fingerprint density at radius 1 is 0.643 bits per heavy atom. The van der Waals surface area contributed by atoms with Crippen molar-refractivity contribution in [3.8, 4) is 39.5 Å². The van der Waals surface area contributed by atoms with E-state index in [1.807, 2.05) is 12.1 Å². The Balaban J connectivity index is 1.66. The standard InChI is InChI=1S/C38H38N4/c1-25-31(23-28(37(2,3)4)24-32(25)38(5,6)7)36-40-35-30(18-12-20-34(35)42(36)29-16-9-8-10-17-29)26-14-11-15-27(22-26)33-19-13-21-39-41-33/h8-24H,1-7H3. The Morgan fingerprint density at radius 3 is 2.07 bits per heavy atom. The van der Waals surface area contributed by atoms with Crippen molar-refractivity contribution in [1.29, 1.82) is 0 Å². The van der Waals surface area contributed by atoms with Gasteiger partial charge in [-0.05, 0) is 82.5 Å². The minimum atomic E-state index is -0.00435. The molecule has 0 atom stereocenters. The molecule has 210 valence electrons. The molecule has 4 aromatic carbocycles. The molecule has 0 aliphatic rings. The molecule has 4 heteroatoms. The zero-order valence-corrected chi connectivity index (χ0v) is 25.6. The van der Waals surface area contributed by atoms with Gasteiger partial charge in [0.15, 0.2) is 0 Å². The molecule has 2 aromatic heterocycles. The molecule has 0 saturated heterocycles. The third-order valence-corrected chi connectivity index (χ3v) is 8.06. The normalized spacial score (nSPS) is 12.2. The summed E-state index contributed by atoms with van der Waals surface area (Å²) in [6.45, 7) is 16.0. The maximum absolute atomic E-state index is 5.48. The summed E-state index contributed by atoms with van der Waals surface area (Å²) in [5.74, 6) is 0.961. The first-order valence-electron chi connectivity index (χ1n) is 14.6. The zero-order valence-electron chi connectivity index (χ0n) is 25.6. The van der Waals surface area contributed by atoms with Crippen LogP contribution in [0.2, 0.25) is 0 Å². The van der Waals surface area contributed by atoms with Gasteiger partial charge in [0.25, 0.3) is 0 Å². The molecule has 42 heavy (non-hydrogen) atoms. The SMILES string of the molecule is Cc1c(-c2nc3c(-c4cccc(-c5cccnn5)c4)cccc3n2-c2ccccc2)cc(C(C)(C)C)cc1C(C)(C)C. The van der Waals surface area contributed by atoms with Crippen LogP contribution >= 0.6 is 0 Å². The van der Waals surface area contributed by atoms with Crippen molar-refractivity contribution in [2.24, 2.45) is 0 Å². The van der Waals surface area contributed by atoms with Gasteiger partial charge in [-0.25, -0.2) is 4.98 Å². The molecule has 0 fully saturated rings. The molecule has 0 aliphatic carbocycles. The van der Waals surface area contributed by atoms with E-state index in [2.05, 4.69) is 148 Å². The van der Waals surface area contributed by atoms with Crippen LogP contribution in [0.1, 0.15) is 58.2 Å². The fourth-order valence-corrected chi connectivity index (χ4v) is 5.81. The van der Waals surface area contributed by atoms with Gasteiger partial charge in [0.1, 0.15) is 5.82 Å². The van der Waals surface area contributed by atoms with Crippen molar-refractivity contribution >= 4 is 11.0 Å². The van der Waals surface area contributed by atoms with Crippen LogP contribution < -0.4 is 0 Å². The first-order chi connectivity index (χ1) is 20.0. The van der Waals surface area contributed by atoms with Crippen molar-refractivity contribution in [2.45, 2.75) is 59.3 Å². The predicted molar refractivity (Wildman–Crippen MR) is 175 cm³/mol. The lowest BCUT2D eigenvalue weighted by Crippen LogP contribution is -2.18. The second-order valence-corrected chi connectivity index (χ2v) is 13.2. The van der Waals surface area contributed by atoms with Crippen LogP contribution in [-0.2, 0) is 10.8 Å². The van der Waals surface area contributed by atoms with E-state index in [1.54, 1.807) is 6.20 Å². The smallest absolute Gasteiger partial charge is 0.146 e. The fourth-order valence-electron chi connectivity index (χ4n) is 5.81. The molecule has 0 N–H and O–H groups in total. The summed E-state index contributed by atoms with van der Waals surface area (Å²) in [4.78, 5) is 5.48. The largest absolute Gasteiger partial charge is 0.292 e. The van der Waals surface area contributed by atoms with E-state index in [0.29, 0.717) is 0 Å². The van der Waals surface area contributed by atoms with E-state index in [0.717, 1.165) is 44.9 Å². The number of rotatable bonds is 4. The number of para-hydroxylation sites is 2. The first-order valence-corrected chi connectivity index (χ1v) is 14.6. The van der Waals surface area contributed by atoms with Crippen molar-refractivity contribution in [1.82, 2.24) is 19.7 Å². The van der Waals surface area contributed by atoms with Gasteiger partial charge in [-0.1, -0.05) is 96.1 Å². The molecule has 0 saturated carbocycles. The highest BCUT2D eigenvalue weighted by Gasteiger charge is 2.26. The Morgan fingerprint density at radius 2 is 1.38 bits per heavy atom. The highest BCUT2D eigenvalue weighted by atomic mass is 15.1. The summed E-state index contributed by atoms with van der Waals surface area (Å²) in [5, 5.41) is 8.43. The molecule has 6 aromatic rings. The van der Waals surface area contributed by atoms with Gasteiger partial charge < -0.3 is 0 Å². The Kier molecular flexibility index (Phi) is 6.81. The molecule has 0 unspecified atom stereocenters. The van der Waals surface area contributed by atoms with E-state index in [4.69, 9.17) is 4.98 Å². The van der Waals surface area contributed by atoms with Crippen LogP contribution in [0.3, 0.4) is 0 Å². The quantitative estimate of drug-likeness (QED) is 0.219. The molecule has 4 nitrogen and oxygen atoms in total. The molecule has 6 rings (SSSR count). The molecular formula is C38H38N4. The van der Waals surface area contributed by atoms with Crippen LogP contribution in [0.4, 0.5) is 0 Å². The maximum atomic E-state index is 5.48. The van der Waals surface area contributed by atoms with Gasteiger partial charge in [-0.2, -0.15) is 10.2 Å². The summed E-state index contributed by atoms with van der Waals surface area (Å²) < 4.78 is 2.33. The lowest BCUT2D eigenvalue weighted by molar-refractivity contribution is 0.566. The minimum absolute atomic E-state index is 0.00201. The molecule has 0 radical (unpaired) electrons. The van der Waals surface area contributed by atoms with Crippen LogP contribution in [0.25, 0.3) is 50.5 Å². The zero-order chi connectivity index (χ0) is 29.6. The fraction of sp³-hybridized carbons (Fsp3) is 0.237. The third-order valence-electron chi connectivity index (χ3n) is 8.06. The third kappa shape index (κ3) is 5.02. The highest BCUT2D eigenvalue weighted by Crippen LogP contribution is 2.40. The summed E-state index contributed by atoms with van der Waals surface area (Å²) in [6.07, 6.45) is 1.70. The number of hydrogen-bond acceptors (Lipinski definition) is 3. The molecule has 2 heterocycles. The van der Waals surface area contributed by atoms with Gasteiger partial charge in [-0.15, -0.1) is 0 Å². The Bertz CT molecular complexity index is 1890. The molecule has 0 spiro atoms. The van der Waals surface area contributed by atoms with E-state index < -0.39 is 0 Å². The van der Waals surface area contributed by atoms with Crippen molar-refractivity contribution in [3.05, 3.63) is 120 Å². The summed E-state index contributed by atoms with van der Waals surface area (Å²) >= 11 is 0. The second kappa shape index (κ2) is 10.4. The summed E-state index contributed by atoms with van der Waals surface area (Å²) in [6, 6.07) is 34.2. The molecule has 0 bridgehead atoms. The van der Waals surface area contributed by atoms with Crippen LogP contribution in [0.15, 0.2) is 103 Å². The average Bonchev–Trinajstić information content (AvgIpc) is 3.36. The van der Waals surface area contributed by atoms with E-state index in [9.17, 15) is 0 Å². The lowest BCUT2D eigenvalue weighted by atomic mass is 9.77. The van der Waals surface area contributed by atoms with Crippen molar-refractivity contribution < 1.29 is 0 Å². The Labute approximate surface area is 249 Å². The monoisotopic (exact) mass is 550 g/mol. The lowest BCUT2D eigenvalue weighted by Gasteiger charge is -2.28. The van der Waals surface area contributed by atoms with Gasteiger partial charge in [0.05, 0.1) is 16.7 Å².